The van der Waals surface area contributed by atoms with Crippen LogP contribution < -0.4 is 11.1 Å². The van der Waals surface area contributed by atoms with Crippen LogP contribution in [0.5, 0.6) is 0 Å². The minimum absolute atomic E-state index is 0.00923. The van der Waals surface area contributed by atoms with Crippen LogP contribution in [0.4, 0.5) is 0 Å². The molecule has 0 bridgehead atoms. The molecular formula is C14H18N4O2. The Morgan fingerprint density at radius 2 is 2.10 bits per heavy atom. The fourth-order valence-electron chi connectivity index (χ4n) is 2.59. The Hall–Kier alpha value is -2.37. The van der Waals surface area contributed by atoms with E-state index in [1.54, 1.807) is 11.0 Å². The van der Waals surface area contributed by atoms with Gasteiger partial charge in [-0.25, -0.2) is 0 Å². The highest BCUT2D eigenvalue weighted by molar-refractivity contribution is 6.01. The topological polar surface area (TPSA) is 99.3 Å². The van der Waals surface area contributed by atoms with Gasteiger partial charge in [0.1, 0.15) is 0 Å². The van der Waals surface area contributed by atoms with Crippen LogP contribution in [0, 0.1) is 5.41 Å². The van der Waals surface area contributed by atoms with Gasteiger partial charge in [0.15, 0.2) is 5.96 Å². The number of hydrogen-bond donors (Lipinski definition) is 3. The maximum absolute atomic E-state index is 12.4. The van der Waals surface area contributed by atoms with Crippen LogP contribution in [0.3, 0.4) is 0 Å². The molecule has 1 atom stereocenters. The number of hydrogen-bond acceptors (Lipinski definition) is 3. The van der Waals surface area contributed by atoms with E-state index >= 15 is 0 Å². The van der Waals surface area contributed by atoms with E-state index in [1.165, 1.54) is 0 Å². The van der Waals surface area contributed by atoms with Gasteiger partial charge in [-0.3, -0.25) is 20.3 Å². The predicted molar refractivity (Wildman–Crippen MR) is 75.2 cm³/mol. The molecule has 1 aromatic carbocycles. The van der Waals surface area contributed by atoms with E-state index in [1.807, 2.05) is 32.0 Å². The van der Waals surface area contributed by atoms with Gasteiger partial charge in [0, 0.05) is 11.6 Å². The highest BCUT2D eigenvalue weighted by atomic mass is 16.2. The lowest BCUT2D eigenvalue weighted by molar-refractivity contribution is -0.120. The molecule has 106 valence electrons. The molecule has 1 heterocycles. The molecule has 1 aromatic rings. The first kappa shape index (κ1) is 14.0. The van der Waals surface area contributed by atoms with E-state index in [-0.39, 0.29) is 36.3 Å². The molecule has 0 aromatic heterocycles. The van der Waals surface area contributed by atoms with Gasteiger partial charge in [0.2, 0.25) is 5.91 Å². The number of carbonyl (C=O) groups excluding carboxylic acids is 2. The number of guanidine groups is 1. The highest BCUT2D eigenvalue weighted by Crippen LogP contribution is 2.37. The van der Waals surface area contributed by atoms with E-state index in [2.05, 4.69) is 5.32 Å². The second-order valence-corrected chi connectivity index (χ2v) is 5.08. The summed E-state index contributed by atoms with van der Waals surface area (Å²) in [5.74, 6) is -0.808. The third-order valence-electron chi connectivity index (χ3n) is 3.33. The Bertz CT molecular complexity index is 568. The number of benzene rings is 1. The molecular weight excluding hydrogens is 256 g/mol. The monoisotopic (exact) mass is 274 g/mol. The summed E-state index contributed by atoms with van der Waals surface area (Å²) >= 11 is 0. The molecule has 1 aliphatic rings. The molecule has 20 heavy (non-hydrogen) atoms. The Morgan fingerprint density at radius 1 is 1.45 bits per heavy atom. The van der Waals surface area contributed by atoms with Crippen molar-refractivity contribution in [3.63, 3.8) is 0 Å². The number of nitrogens with zero attached hydrogens (tertiary/aromatic N) is 1. The fraction of sp³-hybridized carbons (Fsp3) is 0.357. The van der Waals surface area contributed by atoms with Gasteiger partial charge < -0.3 is 10.6 Å². The van der Waals surface area contributed by atoms with Crippen molar-refractivity contribution in [3.8, 4) is 0 Å². The summed E-state index contributed by atoms with van der Waals surface area (Å²) in [6.45, 7) is 3.83. The third kappa shape index (κ3) is 2.49. The number of carbonyl (C=O) groups is 2. The number of amides is 2. The summed E-state index contributed by atoms with van der Waals surface area (Å²) in [4.78, 5) is 25.9. The van der Waals surface area contributed by atoms with Gasteiger partial charge >= 0.3 is 0 Å². The maximum Gasteiger partial charge on any atom is 0.254 e. The van der Waals surface area contributed by atoms with Gasteiger partial charge in [-0.1, -0.05) is 18.2 Å². The molecule has 1 unspecified atom stereocenters. The minimum Gasteiger partial charge on any atom is -0.370 e. The highest BCUT2D eigenvalue weighted by Gasteiger charge is 2.38. The minimum atomic E-state index is -0.385. The lowest BCUT2D eigenvalue weighted by atomic mass is 10.0. The van der Waals surface area contributed by atoms with Crippen LogP contribution in [-0.2, 0) is 4.79 Å². The third-order valence-corrected chi connectivity index (χ3v) is 3.33. The van der Waals surface area contributed by atoms with Crippen LogP contribution >= 0.6 is 0 Å². The molecule has 2 rings (SSSR count). The zero-order valence-electron chi connectivity index (χ0n) is 11.5. The molecule has 0 aliphatic carbocycles. The first-order valence-corrected chi connectivity index (χ1v) is 6.47. The van der Waals surface area contributed by atoms with Crippen molar-refractivity contribution in [2.45, 2.75) is 32.4 Å². The van der Waals surface area contributed by atoms with E-state index in [0.717, 1.165) is 5.56 Å². The normalized spacial score (nSPS) is 17.2. The number of nitrogens with one attached hydrogen (secondary N) is 2. The molecule has 0 radical (unpaired) electrons. The van der Waals surface area contributed by atoms with Gasteiger partial charge in [0.05, 0.1) is 12.5 Å². The number of fused-ring (bicyclic) bond motifs is 1. The second-order valence-electron chi connectivity index (χ2n) is 5.08. The van der Waals surface area contributed by atoms with Crippen molar-refractivity contribution in [2.75, 3.05) is 0 Å². The lowest BCUT2D eigenvalue weighted by Gasteiger charge is -2.28. The zero-order chi connectivity index (χ0) is 14.9. The van der Waals surface area contributed by atoms with Crippen LogP contribution in [-0.4, -0.2) is 28.7 Å². The Morgan fingerprint density at radius 3 is 2.70 bits per heavy atom. The summed E-state index contributed by atoms with van der Waals surface area (Å²) in [7, 11) is 0. The standard InChI is InChI=1S/C14H18N4O2/c1-8(2)18-11(7-12(19)17-14(15)16)9-5-3-4-6-10(9)13(18)20/h3-6,8,11H,7H2,1-2H3,(H4,15,16,17,19). The molecule has 0 spiro atoms. The summed E-state index contributed by atoms with van der Waals surface area (Å²) in [6.07, 6.45) is 0.0977. The molecule has 6 heteroatoms. The van der Waals surface area contributed by atoms with E-state index < -0.39 is 0 Å². The second kappa shape index (κ2) is 5.32. The van der Waals surface area contributed by atoms with Crippen molar-refractivity contribution in [2.24, 2.45) is 5.73 Å². The summed E-state index contributed by atoms with van der Waals surface area (Å²) in [5.41, 5.74) is 6.65. The van der Waals surface area contributed by atoms with Crippen LogP contribution in [0.2, 0.25) is 0 Å². The van der Waals surface area contributed by atoms with Gasteiger partial charge in [-0.2, -0.15) is 0 Å². The first-order valence-electron chi connectivity index (χ1n) is 6.47. The number of nitrogens with two attached hydrogens (primary N) is 1. The summed E-state index contributed by atoms with van der Waals surface area (Å²) in [5, 5.41) is 9.34. The largest absolute Gasteiger partial charge is 0.370 e. The Labute approximate surface area is 117 Å². The zero-order valence-corrected chi connectivity index (χ0v) is 11.5. The van der Waals surface area contributed by atoms with E-state index in [0.29, 0.717) is 5.56 Å². The first-order chi connectivity index (χ1) is 9.41. The van der Waals surface area contributed by atoms with Crippen molar-refractivity contribution in [1.29, 1.82) is 5.41 Å². The predicted octanol–water partition coefficient (Wildman–Crippen LogP) is 0.992. The number of rotatable bonds is 3. The molecule has 0 saturated carbocycles. The average molecular weight is 274 g/mol. The molecule has 2 amide bonds. The van der Waals surface area contributed by atoms with Crippen molar-refractivity contribution >= 4 is 17.8 Å². The molecule has 4 N–H and O–H groups in total. The van der Waals surface area contributed by atoms with Crippen molar-refractivity contribution < 1.29 is 9.59 Å². The average Bonchev–Trinajstić information content (AvgIpc) is 2.62. The molecule has 0 fully saturated rings. The van der Waals surface area contributed by atoms with Gasteiger partial charge in [0.25, 0.3) is 5.91 Å². The van der Waals surface area contributed by atoms with E-state index in [9.17, 15) is 9.59 Å². The van der Waals surface area contributed by atoms with Crippen LogP contribution in [0.25, 0.3) is 0 Å². The molecule has 6 nitrogen and oxygen atoms in total. The lowest BCUT2D eigenvalue weighted by Crippen LogP contribution is -2.40. The summed E-state index contributed by atoms with van der Waals surface area (Å²) < 4.78 is 0. The van der Waals surface area contributed by atoms with E-state index in [4.69, 9.17) is 11.1 Å². The maximum atomic E-state index is 12.4. The van der Waals surface area contributed by atoms with Crippen LogP contribution in [0.15, 0.2) is 24.3 Å². The van der Waals surface area contributed by atoms with Gasteiger partial charge in [-0.05, 0) is 25.5 Å². The summed E-state index contributed by atoms with van der Waals surface area (Å²) in [6, 6.07) is 6.99. The SMILES string of the molecule is CC(C)N1C(=O)c2ccccc2C1CC(=O)NC(=N)N. The van der Waals surface area contributed by atoms with Gasteiger partial charge in [-0.15, -0.1) is 0 Å². The smallest absolute Gasteiger partial charge is 0.254 e. The molecule has 0 saturated heterocycles. The fourth-order valence-corrected chi connectivity index (χ4v) is 2.59. The van der Waals surface area contributed by atoms with Crippen LogP contribution in [0.1, 0.15) is 42.2 Å². The Kier molecular flexibility index (Phi) is 3.74. The van der Waals surface area contributed by atoms with Crippen molar-refractivity contribution in [1.82, 2.24) is 10.2 Å². The Balaban J connectivity index is 2.30. The quantitative estimate of drug-likeness (QED) is 0.566. The molecule has 1 aliphatic heterocycles. The van der Waals surface area contributed by atoms with Crippen molar-refractivity contribution in [3.05, 3.63) is 35.4 Å².